The summed E-state index contributed by atoms with van der Waals surface area (Å²) in [6.45, 7) is 1.79. The van der Waals surface area contributed by atoms with Crippen molar-refractivity contribution in [3.8, 4) is 0 Å². The lowest BCUT2D eigenvalue weighted by Crippen LogP contribution is -2.23. The second-order valence-corrected chi connectivity index (χ2v) is 8.13. The van der Waals surface area contributed by atoms with Crippen molar-refractivity contribution < 1.29 is 0 Å². The fourth-order valence-corrected chi connectivity index (χ4v) is 4.08. The Morgan fingerprint density at radius 1 is 1.29 bits per heavy atom. The van der Waals surface area contributed by atoms with Gasteiger partial charge in [0.15, 0.2) is 0 Å². The van der Waals surface area contributed by atoms with Gasteiger partial charge in [-0.3, -0.25) is 0 Å². The standard InChI is InChI=1S/C15H17BrCl2N2S/c1-20(9-11-3-5-15(18)21-11)7-6-14(19)12-4-2-10(16)8-13(12)17/h2-5,8,14H,6-7,9,19H2,1H3. The lowest BCUT2D eigenvalue weighted by Gasteiger charge is -2.19. The number of nitrogens with two attached hydrogens (primary N) is 1. The lowest BCUT2D eigenvalue weighted by atomic mass is 10.0. The second-order valence-electron chi connectivity index (χ2n) is 5.00. The average Bonchev–Trinajstić information content (AvgIpc) is 2.81. The first kappa shape index (κ1) is 17.3. The molecule has 0 amide bonds. The van der Waals surface area contributed by atoms with E-state index in [1.807, 2.05) is 24.3 Å². The summed E-state index contributed by atoms with van der Waals surface area (Å²) in [6.07, 6.45) is 0.858. The number of hydrogen-bond donors (Lipinski definition) is 1. The third-order valence-corrected chi connectivity index (χ3v) is 5.27. The summed E-state index contributed by atoms with van der Waals surface area (Å²) >= 11 is 17.2. The van der Waals surface area contributed by atoms with Crippen molar-refractivity contribution >= 4 is 50.5 Å². The van der Waals surface area contributed by atoms with Crippen LogP contribution in [-0.4, -0.2) is 18.5 Å². The highest BCUT2D eigenvalue weighted by molar-refractivity contribution is 9.10. The number of benzene rings is 1. The summed E-state index contributed by atoms with van der Waals surface area (Å²) in [4.78, 5) is 3.51. The van der Waals surface area contributed by atoms with Gasteiger partial charge in [-0.2, -0.15) is 0 Å². The first-order chi connectivity index (χ1) is 9.95. The van der Waals surface area contributed by atoms with Gasteiger partial charge in [0.2, 0.25) is 0 Å². The van der Waals surface area contributed by atoms with Crippen LogP contribution in [0.4, 0.5) is 0 Å². The van der Waals surface area contributed by atoms with Crippen LogP contribution >= 0.6 is 50.5 Å². The molecule has 0 aliphatic rings. The zero-order valence-corrected chi connectivity index (χ0v) is 15.6. The number of hydrogen-bond acceptors (Lipinski definition) is 3. The number of halogens is 3. The van der Waals surface area contributed by atoms with Crippen molar-refractivity contribution in [2.45, 2.75) is 19.0 Å². The van der Waals surface area contributed by atoms with Gasteiger partial charge in [0.25, 0.3) is 0 Å². The molecule has 0 saturated carbocycles. The van der Waals surface area contributed by atoms with Crippen LogP contribution in [0, 0.1) is 0 Å². The Bertz CT molecular complexity index is 603. The molecule has 0 aliphatic heterocycles. The van der Waals surface area contributed by atoms with E-state index >= 15 is 0 Å². The summed E-state index contributed by atoms with van der Waals surface area (Å²) in [5.74, 6) is 0. The smallest absolute Gasteiger partial charge is 0.0931 e. The van der Waals surface area contributed by atoms with E-state index in [2.05, 4.69) is 33.9 Å². The normalized spacial score (nSPS) is 12.9. The summed E-state index contributed by atoms with van der Waals surface area (Å²) in [5.41, 5.74) is 7.24. The highest BCUT2D eigenvalue weighted by Crippen LogP contribution is 2.27. The van der Waals surface area contributed by atoms with E-state index in [9.17, 15) is 0 Å². The van der Waals surface area contributed by atoms with Gasteiger partial charge in [-0.15, -0.1) is 11.3 Å². The van der Waals surface area contributed by atoms with Gasteiger partial charge in [0, 0.05) is 33.5 Å². The minimum Gasteiger partial charge on any atom is -0.324 e. The van der Waals surface area contributed by atoms with Gasteiger partial charge in [-0.1, -0.05) is 45.2 Å². The molecule has 0 bridgehead atoms. The van der Waals surface area contributed by atoms with Crippen molar-refractivity contribution in [2.24, 2.45) is 5.73 Å². The minimum atomic E-state index is -0.0556. The maximum Gasteiger partial charge on any atom is 0.0931 e. The Balaban J connectivity index is 1.86. The van der Waals surface area contributed by atoms with Crippen LogP contribution in [-0.2, 0) is 6.54 Å². The van der Waals surface area contributed by atoms with Gasteiger partial charge < -0.3 is 10.6 Å². The Morgan fingerprint density at radius 2 is 2.05 bits per heavy atom. The van der Waals surface area contributed by atoms with Crippen molar-refractivity contribution in [3.05, 3.63) is 54.6 Å². The molecule has 1 aromatic carbocycles. The van der Waals surface area contributed by atoms with Crippen molar-refractivity contribution in [1.82, 2.24) is 4.90 Å². The Hall–Kier alpha value is -0.100. The zero-order chi connectivity index (χ0) is 15.4. The molecule has 0 spiro atoms. The third-order valence-electron chi connectivity index (χ3n) is 3.24. The molecule has 2 N–H and O–H groups in total. The van der Waals surface area contributed by atoms with Crippen LogP contribution in [0.25, 0.3) is 0 Å². The first-order valence-electron chi connectivity index (χ1n) is 6.59. The van der Waals surface area contributed by atoms with Crippen LogP contribution in [0.15, 0.2) is 34.8 Å². The van der Waals surface area contributed by atoms with E-state index in [0.29, 0.717) is 5.02 Å². The van der Waals surface area contributed by atoms with E-state index in [4.69, 9.17) is 28.9 Å². The maximum absolute atomic E-state index is 6.25. The molecule has 1 aromatic heterocycles. The highest BCUT2D eigenvalue weighted by atomic mass is 79.9. The summed E-state index contributed by atoms with van der Waals surface area (Å²) < 4.78 is 1.80. The predicted octanol–water partition coefficient (Wildman–Crippen LogP) is 5.34. The molecule has 0 saturated heterocycles. The molecule has 1 unspecified atom stereocenters. The first-order valence-corrected chi connectivity index (χ1v) is 8.95. The van der Waals surface area contributed by atoms with E-state index in [-0.39, 0.29) is 6.04 Å². The Kier molecular flexibility index (Phi) is 6.53. The Labute approximate surface area is 148 Å². The summed E-state index contributed by atoms with van der Waals surface area (Å²) in [7, 11) is 2.09. The monoisotopic (exact) mass is 406 g/mol. The molecule has 2 nitrogen and oxygen atoms in total. The Morgan fingerprint density at radius 3 is 2.67 bits per heavy atom. The lowest BCUT2D eigenvalue weighted by molar-refractivity contribution is 0.314. The fourth-order valence-electron chi connectivity index (χ4n) is 2.10. The van der Waals surface area contributed by atoms with E-state index in [1.54, 1.807) is 11.3 Å². The molecule has 0 aliphatic carbocycles. The largest absolute Gasteiger partial charge is 0.324 e. The maximum atomic E-state index is 6.25. The molecule has 1 atom stereocenters. The number of nitrogens with zero attached hydrogens (tertiary/aromatic N) is 1. The van der Waals surface area contributed by atoms with Gasteiger partial charge in [-0.25, -0.2) is 0 Å². The van der Waals surface area contributed by atoms with Crippen molar-refractivity contribution in [2.75, 3.05) is 13.6 Å². The third kappa shape index (κ3) is 5.23. The van der Waals surface area contributed by atoms with Crippen LogP contribution < -0.4 is 5.73 Å². The molecule has 2 aromatic rings. The number of thiophene rings is 1. The average molecular weight is 408 g/mol. The molecule has 2 rings (SSSR count). The van der Waals surface area contributed by atoms with Crippen LogP contribution in [0.3, 0.4) is 0 Å². The summed E-state index contributed by atoms with van der Waals surface area (Å²) in [6, 6.07) is 9.78. The zero-order valence-electron chi connectivity index (χ0n) is 11.7. The van der Waals surface area contributed by atoms with Crippen molar-refractivity contribution in [1.29, 1.82) is 0 Å². The molecule has 1 heterocycles. The molecule has 6 heteroatoms. The fraction of sp³-hybridized carbons (Fsp3) is 0.333. The van der Waals surface area contributed by atoms with Crippen LogP contribution in [0.5, 0.6) is 0 Å². The van der Waals surface area contributed by atoms with Crippen LogP contribution in [0.1, 0.15) is 22.9 Å². The molecular weight excluding hydrogens is 391 g/mol. The molecule has 0 radical (unpaired) electrons. The molecular formula is C15H17BrCl2N2S. The second kappa shape index (κ2) is 7.95. The van der Waals surface area contributed by atoms with Gasteiger partial charge in [-0.05, 0) is 43.3 Å². The quantitative estimate of drug-likeness (QED) is 0.700. The van der Waals surface area contributed by atoms with Gasteiger partial charge in [0.05, 0.1) is 4.34 Å². The summed E-state index contributed by atoms with van der Waals surface area (Å²) in [5, 5.41) is 0.713. The van der Waals surface area contributed by atoms with Crippen molar-refractivity contribution in [3.63, 3.8) is 0 Å². The molecule has 114 valence electrons. The van der Waals surface area contributed by atoms with Gasteiger partial charge >= 0.3 is 0 Å². The van der Waals surface area contributed by atoms with Crippen LogP contribution in [0.2, 0.25) is 9.36 Å². The van der Waals surface area contributed by atoms with Gasteiger partial charge in [0.1, 0.15) is 0 Å². The van der Waals surface area contributed by atoms with E-state index < -0.39 is 0 Å². The molecule has 0 fully saturated rings. The highest BCUT2D eigenvalue weighted by Gasteiger charge is 2.12. The number of rotatable bonds is 6. The van der Waals surface area contributed by atoms with E-state index in [0.717, 1.165) is 33.9 Å². The predicted molar refractivity (Wildman–Crippen MR) is 96.4 cm³/mol. The molecule has 21 heavy (non-hydrogen) atoms. The minimum absolute atomic E-state index is 0.0556. The SMILES string of the molecule is CN(CCC(N)c1ccc(Br)cc1Cl)Cc1ccc(Cl)s1. The van der Waals surface area contributed by atoms with E-state index in [1.165, 1.54) is 4.88 Å². The topological polar surface area (TPSA) is 29.3 Å².